The first-order valence-electron chi connectivity index (χ1n) is 6.20. The fourth-order valence-electron chi connectivity index (χ4n) is 2.32. The summed E-state index contributed by atoms with van der Waals surface area (Å²) in [7, 11) is -4.13. The van der Waals surface area contributed by atoms with Crippen LogP contribution in [0.1, 0.15) is 19.3 Å². The predicted molar refractivity (Wildman–Crippen MR) is 71.5 cm³/mol. The van der Waals surface area contributed by atoms with Crippen LogP contribution in [0.2, 0.25) is 0 Å². The van der Waals surface area contributed by atoms with Crippen LogP contribution in [0.4, 0.5) is 10.1 Å². The first kappa shape index (κ1) is 14.7. The monoisotopic (exact) mass is 301 g/mol. The van der Waals surface area contributed by atoms with Crippen molar-refractivity contribution in [3.05, 3.63) is 24.0 Å². The molecule has 0 bridgehead atoms. The van der Waals surface area contributed by atoms with Gasteiger partial charge in [0.2, 0.25) is 15.9 Å². The number of amides is 1. The maximum Gasteiger partial charge on any atom is 0.246 e. The SMILES string of the molecule is NC(=O)C1CCCCN1S(=O)(=O)c1cc(N)ccc1F. The predicted octanol–water partition coefficient (Wildman–Crippen LogP) is 0.436. The molecule has 110 valence electrons. The van der Waals surface area contributed by atoms with E-state index in [9.17, 15) is 17.6 Å². The Kier molecular flexibility index (Phi) is 3.96. The van der Waals surface area contributed by atoms with E-state index >= 15 is 0 Å². The lowest BCUT2D eigenvalue weighted by atomic mass is 10.0. The molecule has 1 amide bonds. The molecule has 1 saturated heterocycles. The van der Waals surface area contributed by atoms with E-state index in [0.29, 0.717) is 19.3 Å². The Morgan fingerprint density at radius 1 is 1.35 bits per heavy atom. The van der Waals surface area contributed by atoms with Gasteiger partial charge in [-0.1, -0.05) is 6.42 Å². The number of nitrogen functional groups attached to an aromatic ring is 1. The van der Waals surface area contributed by atoms with E-state index in [2.05, 4.69) is 0 Å². The van der Waals surface area contributed by atoms with Gasteiger partial charge in [0, 0.05) is 12.2 Å². The van der Waals surface area contributed by atoms with Crippen LogP contribution in [-0.4, -0.2) is 31.2 Å². The number of hydrogen-bond acceptors (Lipinski definition) is 4. The zero-order valence-electron chi connectivity index (χ0n) is 10.8. The zero-order chi connectivity index (χ0) is 14.9. The van der Waals surface area contributed by atoms with Crippen molar-refractivity contribution < 1.29 is 17.6 Å². The molecule has 1 unspecified atom stereocenters. The van der Waals surface area contributed by atoms with Crippen LogP contribution < -0.4 is 11.5 Å². The Balaban J connectivity index is 2.47. The van der Waals surface area contributed by atoms with Crippen molar-refractivity contribution in [1.82, 2.24) is 4.31 Å². The van der Waals surface area contributed by atoms with Crippen molar-refractivity contribution in [3.8, 4) is 0 Å². The van der Waals surface area contributed by atoms with Gasteiger partial charge in [0.15, 0.2) is 0 Å². The fraction of sp³-hybridized carbons (Fsp3) is 0.417. The number of carbonyl (C=O) groups excluding carboxylic acids is 1. The first-order valence-corrected chi connectivity index (χ1v) is 7.64. The molecule has 8 heteroatoms. The third-order valence-corrected chi connectivity index (χ3v) is 5.25. The van der Waals surface area contributed by atoms with Crippen LogP contribution in [0, 0.1) is 5.82 Å². The lowest BCUT2D eigenvalue weighted by molar-refractivity contribution is -0.122. The van der Waals surface area contributed by atoms with Gasteiger partial charge in [0.1, 0.15) is 16.8 Å². The van der Waals surface area contributed by atoms with Crippen LogP contribution in [0.15, 0.2) is 23.1 Å². The fourth-order valence-corrected chi connectivity index (χ4v) is 4.09. The Labute approximate surface area is 116 Å². The van der Waals surface area contributed by atoms with Crippen molar-refractivity contribution in [2.24, 2.45) is 5.73 Å². The molecule has 0 radical (unpaired) electrons. The summed E-state index contributed by atoms with van der Waals surface area (Å²) in [6, 6.07) is 2.38. The number of sulfonamides is 1. The molecule has 1 aliphatic rings. The second kappa shape index (κ2) is 5.37. The van der Waals surface area contributed by atoms with Gasteiger partial charge in [-0.2, -0.15) is 4.31 Å². The van der Waals surface area contributed by atoms with Gasteiger partial charge in [-0.05, 0) is 31.0 Å². The van der Waals surface area contributed by atoms with Gasteiger partial charge in [-0.15, -0.1) is 0 Å². The van der Waals surface area contributed by atoms with Crippen molar-refractivity contribution in [3.63, 3.8) is 0 Å². The molecular formula is C12H16FN3O3S. The molecule has 0 aromatic heterocycles. The topological polar surface area (TPSA) is 106 Å². The number of carbonyl (C=O) groups is 1. The molecule has 20 heavy (non-hydrogen) atoms. The van der Waals surface area contributed by atoms with Crippen LogP contribution in [0.3, 0.4) is 0 Å². The second-order valence-corrected chi connectivity index (χ2v) is 6.58. The molecular weight excluding hydrogens is 285 g/mol. The van der Waals surface area contributed by atoms with Crippen LogP contribution >= 0.6 is 0 Å². The second-order valence-electron chi connectivity index (χ2n) is 4.72. The lowest BCUT2D eigenvalue weighted by Crippen LogP contribution is -2.50. The average Bonchev–Trinajstić information content (AvgIpc) is 2.41. The minimum Gasteiger partial charge on any atom is -0.399 e. The third-order valence-electron chi connectivity index (χ3n) is 3.32. The van der Waals surface area contributed by atoms with Crippen LogP contribution in [0.5, 0.6) is 0 Å². The molecule has 1 heterocycles. The van der Waals surface area contributed by atoms with Gasteiger partial charge in [0.25, 0.3) is 0 Å². The summed E-state index contributed by atoms with van der Waals surface area (Å²) >= 11 is 0. The number of nitrogens with two attached hydrogens (primary N) is 2. The van der Waals surface area contributed by atoms with Crippen molar-refractivity contribution in [2.75, 3.05) is 12.3 Å². The number of piperidine rings is 1. The molecule has 0 aliphatic carbocycles. The van der Waals surface area contributed by atoms with Gasteiger partial charge in [-0.25, -0.2) is 12.8 Å². The standard InChI is InChI=1S/C12H16FN3O3S/c13-9-5-4-8(14)7-11(9)20(18,19)16-6-2-1-3-10(16)12(15)17/h4-5,7,10H,1-3,6,14H2,(H2,15,17). The van der Waals surface area contributed by atoms with Crippen LogP contribution in [0.25, 0.3) is 0 Å². The van der Waals surface area contributed by atoms with E-state index in [4.69, 9.17) is 11.5 Å². The number of hydrogen-bond donors (Lipinski definition) is 2. The van der Waals surface area contributed by atoms with E-state index in [0.717, 1.165) is 16.4 Å². The van der Waals surface area contributed by atoms with Crippen molar-refractivity contribution in [1.29, 1.82) is 0 Å². The molecule has 6 nitrogen and oxygen atoms in total. The molecule has 1 fully saturated rings. The molecule has 1 aromatic rings. The largest absolute Gasteiger partial charge is 0.399 e. The maximum absolute atomic E-state index is 13.8. The third kappa shape index (κ3) is 2.61. The summed E-state index contributed by atoms with van der Waals surface area (Å²) in [5, 5.41) is 0. The number of primary amides is 1. The zero-order valence-corrected chi connectivity index (χ0v) is 11.6. The lowest BCUT2D eigenvalue weighted by Gasteiger charge is -2.32. The highest BCUT2D eigenvalue weighted by Crippen LogP contribution is 2.27. The first-order chi connectivity index (χ1) is 9.34. The Bertz CT molecular complexity index is 633. The number of benzene rings is 1. The summed E-state index contributed by atoms with van der Waals surface area (Å²) in [6.07, 6.45) is 1.66. The summed E-state index contributed by atoms with van der Waals surface area (Å²) in [6.45, 7) is 0.143. The van der Waals surface area contributed by atoms with E-state index in [1.165, 1.54) is 6.07 Å². The van der Waals surface area contributed by atoms with E-state index in [1.807, 2.05) is 0 Å². The minimum absolute atomic E-state index is 0.137. The van der Waals surface area contributed by atoms with Crippen molar-refractivity contribution in [2.45, 2.75) is 30.2 Å². The van der Waals surface area contributed by atoms with Gasteiger partial charge >= 0.3 is 0 Å². The Hall–Kier alpha value is -1.67. The van der Waals surface area contributed by atoms with Gasteiger partial charge < -0.3 is 11.5 Å². The minimum atomic E-state index is -4.13. The highest BCUT2D eigenvalue weighted by Gasteiger charge is 2.37. The number of rotatable bonds is 3. The summed E-state index contributed by atoms with van der Waals surface area (Å²) in [5.74, 6) is -1.62. The quantitative estimate of drug-likeness (QED) is 0.790. The molecule has 4 N–H and O–H groups in total. The van der Waals surface area contributed by atoms with Crippen molar-refractivity contribution >= 4 is 21.6 Å². The van der Waals surface area contributed by atoms with Gasteiger partial charge in [0.05, 0.1) is 0 Å². The molecule has 2 rings (SSSR count). The normalized spacial score (nSPS) is 20.8. The number of halogens is 1. The van der Waals surface area contributed by atoms with E-state index in [1.54, 1.807) is 0 Å². The summed E-state index contributed by atoms with van der Waals surface area (Å²) < 4.78 is 39.7. The highest BCUT2D eigenvalue weighted by atomic mass is 32.2. The van der Waals surface area contributed by atoms with E-state index in [-0.39, 0.29) is 12.2 Å². The number of anilines is 1. The molecule has 0 spiro atoms. The summed E-state index contributed by atoms with van der Waals surface area (Å²) in [5.41, 5.74) is 10.9. The van der Waals surface area contributed by atoms with Gasteiger partial charge in [-0.3, -0.25) is 4.79 Å². The highest BCUT2D eigenvalue weighted by molar-refractivity contribution is 7.89. The van der Waals surface area contributed by atoms with E-state index < -0.39 is 32.7 Å². The maximum atomic E-state index is 13.8. The Morgan fingerprint density at radius 2 is 2.05 bits per heavy atom. The molecule has 1 aliphatic heterocycles. The average molecular weight is 301 g/mol. The molecule has 1 atom stereocenters. The smallest absolute Gasteiger partial charge is 0.246 e. The molecule has 1 aromatic carbocycles. The van der Waals surface area contributed by atoms with Crippen LogP contribution in [-0.2, 0) is 14.8 Å². The molecule has 0 saturated carbocycles. The number of nitrogens with zero attached hydrogens (tertiary/aromatic N) is 1. The Morgan fingerprint density at radius 3 is 2.70 bits per heavy atom. The summed E-state index contributed by atoms with van der Waals surface area (Å²) in [4.78, 5) is 10.9.